The van der Waals surface area contributed by atoms with Crippen molar-refractivity contribution in [2.45, 2.75) is 58.4 Å². The number of amides is 1. The minimum atomic E-state index is 0.121. The van der Waals surface area contributed by atoms with Gasteiger partial charge in [0.15, 0.2) is 5.82 Å². The summed E-state index contributed by atoms with van der Waals surface area (Å²) in [5.74, 6) is 1.14. The van der Waals surface area contributed by atoms with Gasteiger partial charge >= 0.3 is 0 Å². The van der Waals surface area contributed by atoms with Gasteiger partial charge in [-0.2, -0.15) is 4.52 Å². The Balaban J connectivity index is 1.34. The van der Waals surface area contributed by atoms with E-state index in [2.05, 4.69) is 58.5 Å². The van der Waals surface area contributed by atoms with Crippen LogP contribution in [0.2, 0.25) is 0 Å². The summed E-state index contributed by atoms with van der Waals surface area (Å²) < 4.78 is 2.02. The summed E-state index contributed by atoms with van der Waals surface area (Å²) in [6.07, 6.45) is 6.97. The zero-order chi connectivity index (χ0) is 24.2. The fourth-order valence-electron chi connectivity index (χ4n) is 4.98. The first-order valence-corrected chi connectivity index (χ1v) is 14.0. The van der Waals surface area contributed by atoms with Gasteiger partial charge in [-0.1, -0.05) is 62.3 Å². The van der Waals surface area contributed by atoms with Gasteiger partial charge in [0, 0.05) is 44.3 Å². The fraction of sp³-hybridized carbons (Fsp3) is 0.577. The molecule has 0 unspecified atom stereocenters. The molecule has 9 heteroatoms. The smallest absolute Gasteiger partial charge is 0.234 e. The van der Waals surface area contributed by atoms with Gasteiger partial charge in [-0.05, 0) is 31.2 Å². The van der Waals surface area contributed by atoms with Crippen LogP contribution in [0.15, 0.2) is 24.3 Å². The monoisotopic (exact) mass is 495 g/mol. The van der Waals surface area contributed by atoms with E-state index in [1.807, 2.05) is 4.52 Å². The molecule has 2 N–H and O–H groups in total. The highest BCUT2D eigenvalue weighted by Crippen LogP contribution is 2.35. The van der Waals surface area contributed by atoms with Gasteiger partial charge in [-0.15, -0.1) is 5.10 Å². The number of hydrogen-bond donors (Lipinski definition) is 2. The zero-order valence-electron chi connectivity index (χ0n) is 20.9. The number of piperazine rings is 1. The lowest BCUT2D eigenvalue weighted by Gasteiger charge is -2.33. The Morgan fingerprint density at radius 1 is 1.09 bits per heavy atom. The van der Waals surface area contributed by atoms with E-state index in [4.69, 9.17) is 10.1 Å². The molecule has 0 radical (unpaired) electrons. The molecular weight excluding hydrogens is 458 g/mol. The number of fused-ring (bicyclic) bond motifs is 1. The first-order chi connectivity index (χ1) is 17.1. The van der Waals surface area contributed by atoms with Crippen LogP contribution in [-0.2, 0) is 11.2 Å². The molecule has 188 valence electrons. The normalized spacial score (nSPS) is 17.4. The molecule has 1 aromatic carbocycles. The number of anilines is 2. The van der Waals surface area contributed by atoms with Gasteiger partial charge in [-0.3, -0.25) is 9.69 Å². The van der Waals surface area contributed by atoms with Crippen molar-refractivity contribution in [1.82, 2.24) is 24.8 Å². The van der Waals surface area contributed by atoms with Crippen LogP contribution in [0.5, 0.6) is 0 Å². The molecular formula is C26H37N7OS. The molecule has 1 aliphatic carbocycles. The van der Waals surface area contributed by atoms with E-state index in [0.29, 0.717) is 12.6 Å². The zero-order valence-corrected chi connectivity index (χ0v) is 21.7. The van der Waals surface area contributed by atoms with Gasteiger partial charge in [0.1, 0.15) is 5.69 Å². The minimum Gasteiger partial charge on any atom is -0.365 e. The number of aromatic nitrogens is 3. The average Bonchev–Trinajstić information content (AvgIpc) is 3.61. The number of rotatable bonds is 9. The Bertz CT molecular complexity index is 1120. The summed E-state index contributed by atoms with van der Waals surface area (Å²) in [7, 11) is 0. The third-order valence-electron chi connectivity index (χ3n) is 7.11. The summed E-state index contributed by atoms with van der Waals surface area (Å²) in [6.45, 7) is 8.95. The molecule has 1 amide bonds. The molecule has 35 heavy (non-hydrogen) atoms. The maximum atomic E-state index is 12.1. The van der Waals surface area contributed by atoms with Gasteiger partial charge in [0.2, 0.25) is 16.0 Å². The van der Waals surface area contributed by atoms with Crippen LogP contribution in [0.3, 0.4) is 0 Å². The quantitative estimate of drug-likeness (QED) is 0.467. The Labute approximate surface area is 211 Å². The molecule has 2 aliphatic rings. The van der Waals surface area contributed by atoms with Crippen LogP contribution in [0.25, 0.3) is 16.2 Å². The number of imidazole rings is 1. The lowest BCUT2D eigenvalue weighted by Crippen LogP contribution is -2.49. The van der Waals surface area contributed by atoms with Crippen molar-refractivity contribution in [2.75, 3.05) is 49.5 Å². The van der Waals surface area contributed by atoms with E-state index in [9.17, 15) is 4.79 Å². The predicted octanol–water partition coefficient (Wildman–Crippen LogP) is 4.02. The fourth-order valence-corrected chi connectivity index (χ4v) is 5.93. The molecule has 1 saturated carbocycles. The number of carbonyl (C=O) groups excluding carboxylic acids is 1. The molecule has 1 saturated heterocycles. The third kappa shape index (κ3) is 5.46. The van der Waals surface area contributed by atoms with Crippen molar-refractivity contribution < 1.29 is 4.79 Å². The first kappa shape index (κ1) is 24.1. The standard InChI is InChI=1S/C26H37N7OS/c1-3-13-27-22(34)18-31-14-16-32(17-15-31)26-30-33-24(28-21-7-5-6-8-21)23(29-25(33)35-26)20-11-9-19(4-2)10-12-20/h9-12,21,28H,3-8,13-18H2,1-2H3,(H,27,34). The highest BCUT2D eigenvalue weighted by atomic mass is 32.1. The number of benzene rings is 1. The molecule has 3 aromatic rings. The van der Waals surface area contributed by atoms with Crippen molar-refractivity contribution in [1.29, 1.82) is 0 Å². The minimum absolute atomic E-state index is 0.121. The number of hydrogen-bond acceptors (Lipinski definition) is 7. The van der Waals surface area contributed by atoms with Crippen molar-refractivity contribution in [3.8, 4) is 11.3 Å². The molecule has 5 rings (SSSR count). The average molecular weight is 496 g/mol. The molecule has 3 heterocycles. The Kier molecular flexibility index (Phi) is 7.53. The number of nitrogens with zero attached hydrogens (tertiary/aromatic N) is 5. The highest BCUT2D eigenvalue weighted by molar-refractivity contribution is 7.20. The second kappa shape index (κ2) is 11.0. The van der Waals surface area contributed by atoms with Crippen molar-refractivity contribution in [3.63, 3.8) is 0 Å². The summed E-state index contributed by atoms with van der Waals surface area (Å²) in [6, 6.07) is 9.24. The van der Waals surface area contributed by atoms with E-state index in [1.165, 1.54) is 31.2 Å². The lowest BCUT2D eigenvalue weighted by atomic mass is 10.1. The van der Waals surface area contributed by atoms with Crippen molar-refractivity contribution >= 4 is 33.2 Å². The maximum absolute atomic E-state index is 12.1. The maximum Gasteiger partial charge on any atom is 0.234 e. The van der Waals surface area contributed by atoms with Crippen LogP contribution in [0.1, 0.15) is 51.5 Å². The largest absolute Gasteiger partial charge is 0.365 e. The Hall–Kier alpha value is -2.65. The number of nitrogens with one attached hydrogen (secondary N) is 2. The molecule has 0 atom stereocenters. The third-order valence-corrected chi connectivity index (χ3v) is 8.08. The summed E-state index contributed by atoms with van der Waals surface area (Å²) in [5.41, 5.74) is 3.46. The lowest BCUT2D eigenvalue weighted by molar-refractivity contribution is -0.122. The van der Waals surface area contributed by atoms with Gasteiger partial charge in [-0.25, -0.2) is 4.98 Å². The first-order valence-electron chi connectivity index (χ1n) is 13.1. The van der Waals surface area contributed by atoms with Gasteiger partial charge < -0.3 is 15.5 Å². The Morgan fingerprint density at radius 2 is 1.83 bits per heavy atom. The van der Waals surface area contributed by atoms with Gasteiger partial charge in [0.25, 0.3) is 0 Å². The van der Waals surface area contributed by atoms with Crippen molar-refractivity contribution in [3.05, 3.63) is 29.8 Å². The molecule has 8 nitrogen and oxygen atoms in total. The molecule has 0 bridgehead atoms. The van der Waals surface area contributed by atoms with Crippen LogP contribution in [0, 0.1) is 0 Å². The van der Waals surface area contributed by atoms with E-state index >= 15 is 0 Å². The molecule has 0 spiro atoms. The summed E-state index contributed by atoms with van der Waals surface area (Å²) in [4.78, 5) is 22.6. The van der Waals surface area contributed by atoms with Crippen molar-refractivity contribution in [2.24, 2.45) is 0 Å². The van der Waals surface area contributed by atoms with E-state index in [1.54, 1.807) is 11.3 Å². The summed E-state index contributed by atoms with van der Waals surface area (Å²) >= 11 is 1.65. The van der Waals surface area contributed by atoms with E-state index in [0.717, 1.165) is 72.7 Å². The SMILES string of the molecule is CCCNC(=O)CN1CCN(c2nn3c(NC4CCCC4)c(-c4ccc(CC)cc4)nc3s2)CC1. The predicted molar refractivity (Wildman–Crippen MR) is 144 cm³/mol. The number of aryl methyl sites for hydroxylation is 1. The second-order valence-electron chi connectivity index (χ2n) is 9.68. The van der Waals surface area contributed by atoms with Crippen LogP contribution >= 0.6 is 11.3 Å². The second-order valence-corrected chi connectivity index (χ2v) is 10.6. The van der Waals surface area contributed by atoms with E-state index < -0.39 is 0 Å². The van der Waals surface area contributed by atoms with E-state index in [-0.39, 0.29) is 5.91 Å². The number of carbonyl (C=O) groups is 1. The van der Waals surface area contributed by atoms with Crippen LogP contribution in [0.4, 0.5) is 10.9 Å². The van der Waals surface area contributed by atoms with Crippen LogP contribution < -0.4 is 15.5 Å². The Morgan fingerprint density at radius 3 is 2.51 bits per heavy atom. The van der Waals surface area contributed by atoms with Gasteiger partial charge in [0.05, 0.1) is 6.54 Å². The molecule has 1 aliphatic heterocycles. The van der Waals surface area contributed by atoms with Crippen LogP contribution in [-0.4, -0.2) is 70.7 Å². The topological polar surface area (TPSA) is 77.8 Å². The molecule has 2 aromatic heterocycles. The molecule has 2 fully saturated rings. The highest BCUT2D eigenvalue weighted by Gasteiger charge is 2.26. The summed E-state index contributed by atoms with van der Waals surface area (Å²) in [5, 5.41) is 12.8.